The van der Waals surface area contributed by atoms with Gasteiger partial charge in [-0.25, -0.2) is 0 Å². The van der Waals surface area contributed by atoms with Crippen LogP contribution in [0.25, 0.3) is 10.9 Å². The first-order valence-electron chi connectivity index (χ1n) is 12.2. The van der Waals surface area contributed by atoms with Crippen LogP contribution in [0.4, 0.5) is 0 Å². The van der Waals surface area contributed by atoms with E-state index in [2.05, 4.69) is 31.3 Å². The summed E-state index contributed by atoms with van der Waals surface area (Å²) in [6, 6.07) is 6.49. The van der Waals surface area contributed by atoms with E-state index in [1.54, 1.807) is 7.11 Å². The highest BCUT2D eigenvalue weighted by Gasteiger charge is 2.43. The average molecular weight is 439 g/mol. The molecule has 0 spiro atoms. The number of nitrogens with zero attached hydrogens (tertiary/aromatic N) is 2. The number of amides is 1. The summed E-state index contributed by atoms with van der Waals surface area (Å²) in [5.41, 5.74) is 3.63. The van der Waals surface area contributed by atoms with E-state index >= 15 is 0 Å². The molecule has 0 radical (unpaired) electrons. The lowest BCUT2D eigenvalue weighted by atomic mass is 9.71. The Morgan fingerprint density at radius 2 is 1.97 bits per heavy atom. The first-order chi connectivity index (χ1) is 15.5. The summed E-state index contributed by atoms with van der Waals surface area (Å²) < 4.78 is 1.83. The molecule has 1 N–H and O–H groups in total. The largest absolute Gasteiger partial charge is 0.481 e. The number of carboxylic acids is 1. The first kappa shape index (κ1) is 21.4. The maximum Gasteiger partial charge on any atom is 0.306 e. The summed E-state index contributed by atoms with van der Waals surface area (Å²) in [7, 11) is 1.68. The lowest BCUT2D eigenvalue weighted by Gasteiger charge is -2.46. The molecular weight excluding hydrogens is 404 g/mol. The zero-order chi connectivity index (χ0) is 22.4. The number of rotatable bonds is 6. The number of carboxylic acid groups (broad SMARTS) is 1. The summed E-state index contributed by atoms with van der Waals surface area (Å²) in [4.78, 5) is 32.9. The van der Waals surface area contributed by atoms with E-state index in [1.165, 1.54) is 29.4 Å². The van der Waals surface area contributed by atoms with Gasteiger partial charge in [0.05, 0.1) is 11.4 Å². The van der Waals surface area contributed by atoms with Crippen molar-refractivity contribution < 1.29 is 19.5 Å². The van der Waals surface area contributed by atoms with E-state index in [4.69, 9.17) is 4.84 Å². The highest BCUT2D eigenvalue weighted by Crippen LogP contribution is 2.46. The van der Waals surface area contributed by atoms with Crippen LogP contribution in [0, 0.1) is 11.8 Å². The summed E-state index contributed by atoms with van der Waals surface area (Å²) in [5, 5.41) is 10.9. The SMILES string of the molecule is COn1cc(C(C)CC(=O)N2CCCC3C(C(=O)O)CCCC32)c2c(C3CC3)cccc21. The van der Waals surface area contributed by atoms with E-state index in [-0.39, 0.29) is 29.7 Å². The highest BCUT2D eigenvalue weighted by atomic mass is 16.6. The van der Waals surface area contributed by atoms with Gasteiger partial charge in [-0.2, -0.15) is 4.73 Å². The van der Waals surface area contributed by atoms with E-state index in [1.807, 2.05) is 9.63 Å². The van der Waals surface area contributed by atoms with E-state index in [0.717, 1.165) is 44.2 Å². The van der Waals surface area contributed by atoms with Crippen molar-refractivity contribution in [3.63, 3.8) is 0 Å². The summed E-state index contributed by atoms with van der Waals surface area (Å²) in [6.45, 7) is 2.89. The standard InChI is InChI=1S/C26H34N2O4/c1-16(21-15-28(32-2)23-10-3-6-18(25(21)23)17-11-12-17)14-24(29)27-13-5-8-19-20(26(30)31)7-4-9-22(19)27/h3,6,10,15-17,19-20,22H,4-5,7-9,11-14H2,1-2H3,(H,30,31). The van der Waals surface area contributed by atoms with Crippen LogP contribution in [0.5, 0.6) is 0 Å². The molecule has 1 aromatic heterocycles. The number of benzene rings is 1. The second kappa shape index (κ2) is 8.45. The second-order valence-electron chi connectivity index (χ2n) is 10.0. The lowest BCUT2D eigenvalue weighted by Crippen LogP contribution is -2.53. The Morgan fingerprint density at radius 1 is 1.16 bits per heavy atom. The minimum absolute atomic E-state index is 0.0699. The molecule has 4 unspecified atom stereocenters. The van der Waals surface area contributed by atoms with Crippen molar-refractivity contribution in [3.05, 3.63) is 35.5 Å². The predicted molar refractivity (Wildman–Crippen MR) is 123 cm³/mol. The lowest BCUT2D eigenvalue weighted by molar-refractivity contribution is -0.152. The summed E-state index contributed by atoms with van der Waals surface area (Å²) >= 11 is 0. The monoisotopic (exact) mass is 438 g/mol. The van der Waals surface area contributed by atoms with Gasteiger partial charge >= 0.3 is 5.97 Å². The Bertz CT molecular complexity index is 1020. The summed E-state index contributed by atoms with van der Waals surface area (Å²) in [5.74, 6) is -0.0388. The molecule has 4 atom stereocenters. The molecule has 1 amide bonds. The number of carbonyl (C=O) groups excluding carboxylic acids is 1. The zero-order valence-electron chi connectivity index (χ0n) is 19.1. The maximum atomic E-state index is 13.5. The Balaban J connectivity index is 1.39. The van der Waals surface area contributed by atoms with Gasteiger partial charge in [0.1, 0.15) is 7.11 Å². The fraction of sp³-hybridized carbons (Fsp3) is 0.615. The second-order valence-corrected chi connectivity index (χ2v) is 10.0. The molecule has 3 aliphatic rings. The van der Waals surface area contributed by atoms with Crippen molar-refractivity contribution in [1.29, 1.82) is 0 Å². The number of carbonyl (C=O) groups is 2. The summed E-state index contributed by atoms with van der Waals surface area (Å²) in [6.07, 6.45) is 9.35. The zero-order valence-corrected chi connectivity index (χ0v) is 19.1. The number of likely N-dealkylation sites (tertiary alicyclic amines) is 1. The number of piperidine rings is 1. The molecule has 2 aromatic rings. The number of aliphatic carboxylic acids is 1. The Hall–Kier alpha value is -2.50. The van der Waals surface area contributed by atoms with Gasteiger partial charge in [-0.3, -0.25) is 9.59 Å². The van der Waals surface area contributed by atoms with Crippen LogP contribution in [-0.2, 0) is 9.59 Å². The van der Waals surface area contributed by atoms with Crippen molar-refractivity contribution in [2.75, 3.05) is 13.7 Å². The molecule has 6 heteroatoms. The molecule has 3 fully saturated rings. The average Bonchev–Trinajstić information content (AvgIpc) is 3.57. The molecule has 2 heterocycles. The molecule has 1 aromatic carbocycles. The van der Waals surface area contributed by atoms with Crippen molar-refractivity contribution in [3.8, 4) is 0 Å². The van der Waals surface area contributed by atoms with Crippen LogP contribution in [0.3, 0.4) is 0 Å². The topological polar surface area (TPSA) is 71.8 Å². The van der Waals surface area contributed by atoms with Gasteiger partial charge in [-0.15, -0.1) is 0 Å². The van der Waals surface area contributed by atoms with Crippen LogP contribution < -0.4 is 4.84 Å². The number of aromatic nitrogens is 1. The van der Waals surface area contributed by atoms with Gasteiger partial charge in [0, 0.05) is 30.6 Å². The van der Waals surface area contributed by atoms with Gasteiger partial charge in [0.15, 0.2) is 0 Å². The predicted octanol–water partition coefficient (Wildman–Crippen LogP) is 4.56. The third-order valence-electron chi connectivity index (χ3n) is 8.08. The van der Waals surface area contributed by atoms with Gasteiger partial charge in [0.25, 0.3) is 0 Å². The Labute approximate surface area is 189 Å². The Kier molecular flexibility index (Phi) is 5.64. The molecule has 2 saturated carbocycles. The van der Waals surface area contributed by atoms with Crippen LogP contribution in [0.2, 0.25) is 0 Å². The van der Waals surface area contributed by atoms with Crippen LogP contribution in [0.15, 0.2) is 24.4 Å². The van der Waals surface area contributed by atoms with E-state index < -0.39 is 5.97 Å². The molecule has 172 valence electrons. The van der Waals surface area contributed by atoms with Crippen molar-refractivity contribution in [1.82, 2.24) is 9.63 Å². The molecule has 0 bridgehead atoms. The normalized spacial score (nSPS) is 26.6. The molecule has 2 aliphatic carbocycles. The number of fused-ring (bicyclic) bond motifs is 2. The van der Waals surface area contributed by atoms with Gasteiger partial charge in [0.2, 0.25) is 5.91 Å². The first-order valence-corrected chi connectivity index (χ1v) is 12.2. The molecule has 6 nitrogen and oxygen atoms in total. The quantitative estimate of drug-likeness (QED) is 0.718. The van der Waals surface area contributed by atoms with E-state index in [0.29, 0.717) is 12.3 Å². The van der Waals surface area contributed by atoms with Gasteiger partial charge in [-0.05, 0) is 73.5 Å². The smallest absolute Gasteiger partial charge is 0.306 e. The molecule has 1 saturated heterocycles. The van der Waals surface area contributed by atoms with Crippen LogP contribution in [0.1, 0.15) is 81.3 Å². The minimum Gasteiger partial charge on any atom is -0.481 e. The number of hydrogen-bond acceptors (Lipinski definition) is 3. The fourth-order valence-corrected chi connectivity index (χ4v) is 6.37. The number of hydrogen-bond donors (Lipinski definition) is 1. The van der Waals surface area contributed by atoms with Crippen LogP contribution in [-0.4, -0.2) is 46.3 Å². The van der Waals surface area contributed by atoms with Gasteiger partial charge in [-0.1, -0.05) is 25.5 Å². The molecular formula is C26H34N2O4. The van der Waals surface area contributed by atoms with Crippen LogP contribution >= 0.6 is 0 Å². The van der Waals surface area contributed by atoms with Crippen molar-refractivity contribution >= 4 is 22.8 Å². The molecule has 5 rings (SSSR count). The molecule has 1 aliphatic heterocycles. The van der Waals surface area contributed by atoms with Crippen molar-refractivity contribution in [2.45, 2.75) is 76.2 Å². The van der Waals surface area contributed by atoms with Gasteiger partial charge < -0.3 is 14.8 Å². The maximum absolute atomic E-state index is 13.5. The highest BCUT2D eigenvalue weighted by molar-refractivity contribution is 5.89. The van der Waals surface area contributed by atoms with E-state index in [9.17, 15) is 14.7 Å². The van der Waals surface area contributed by atoms with Crippen molar-refractivity contribution in [2.24, 2.45) is 11.8 Å². The Morgan fingerprint density at radius 3 is 2.69 bits per heavy atom. The fourth-order valence-electron chi connectivity index (χ4n) is 6.37. The third-order valence-corrected chi connectivity index (χ3v) is 8.08. The molecule has 32 heavy (non-hydrogen) atoms. The third kappa shape index (κ3) is 3.67. The minimum atomic E-state index is -0.692.